The van der Waals surface area contributed by atoms with E-state index in [1.807, 2.05) is 0 Å². The first-order valence-corrected chi connectivity index (χ1v) is 19.9. The maximum absolute atomic E-state index is 6.96. The van der Waals surface area contributed by atoms with Crippen molar-refractivity contribution in [1.29, 1.82) is 0 Å². The van der Waals surface area contributed by atoms with Gasteiger partial charge in [-0.3, -0.25) is 0 Å². The molecule has 0 amide bonds. The predicted octanol–water partition coefficient (Wildman–Crippen LogP) is 7.86. The number of hydrogen-bond acceptors (Lipinski definition) is 2. The molecule has 0 spiro atoms. The SMILES string of the molecule is CC12CCC(O[Si](C)(C)C)CC1CCC1C2CCC2(C)C1CCC2(C)O[Si](C)(C)C. The Morgan fingerprint density at radius 1 is 0.700 bits per heavy atom. The molecule has 0 heterocycles. The normalized spacial score (nSPS) is 49.3. The second kappa shape index (κ2) is 7.43. The van der Waals surface area contributed by atoms with E-state index in [2.05, 4.69) is 60.1 Å². The van der Waals surface area contributed by atoms with Crippen molar-refractivity contribution in [3.05, 3.63) is 0 Å². The second-order valence-electron chi connectivity index (χ2n) is 14.2. The van der Waals surface area contributed by atoms with Gasteiger partial charge in [0.2, 0.25) is 0 Å². The molecule has 0 N–H and O–H groups in total. The van der Waals surface area contributed by atoms with E-state index in [1.54, 1.807) is 0 Å². The van der Waals surface area contributed by atoms with Crippen LogP contribution in [0.3, 0.4) is 0 Å². The minimum atomic E-state index is -1.54. The van der Waals surface area contributed by atoms with Crippen LogP contribution < -0.4 is 0 Å². The molecule has 8 atom stereocenters. The molecule has 4 aliphatic rings. The van der Waals surface area contributed by atoms with Crippen molar-refractivity contribution in [3.63, 3.8) is 0 Å². The van der Waals surface area contributed by atoms with Crippen molar-refractivity contribution in [2.75, 3.05) is 0 Å². The molecule has 0 aromatic heterocycles. The van der Waals surface area contributed by atoms with E-state index in [0.717, 1.165) is 23.7 Å². The van der Waals surface area contributed by atoms with Gasteiger partial charge < -0.3 is 8.85 Å². The molecule has 4 heteroatoms. The van der Waals surface area contributed by atoms with E-state index in [-0.39, 0.29) is 5.60 Å². The van der Waals surface area contributed by atoms with Gasteiger partial charge in [-0.25, -0.2) is 0 Å². The first kappa shape index (κ1) is 23.5. The van der Waals surface area contributed by atoms with E-state index < -0.39 is 16.6 Å². The Morgan fingerprint density at radius 2 is 1.37 bits per heavy atom. The molecular formula is C26H50O2Si2. The molecular weight excluding hydrogens is 400 g/mol. The minimum absolute atomic E-state index is 0.105. The van der Waals surface area contributed by atoms with Crippen molar-refractivity contribution < 1.29 is 8.85 Å². The summed E-state index contributed by atoms with van der Waals surface area (Å²) in [6.07, 6.45) is 13.0. The first-order chi connectivity index (χ1) is 13.7. The van der Waals surface area contributed by atoms with Crippen LogP contribution in [0.5, 0.6) is 0 Å². The van der Waals surface area contributed by atoms with Gasteiger partial charge in [0, 0.05) is 6.10 Å². The van der Waals surface area contributed by atoms with E-state index >= 15 is 0 Å². The molecule has 0 saturated heterocycles. The summed E-state index contributed by atoms with van der Waals surface area (Å²) in [5, 5.41) is 0. The molecule has 0 aromatic carbocycles. The smallest absolute Gasteiger partial charge is 0.184 e. The Balaban J connectivity index is 1.52. The maximum atomic E-state index is 6.96. The number of rotatable bonds is 4. The largest absolute Gasteiger partial charge is 0.415 e. The van der Waals surface area contributed by atoms with Gasteiger partial charge in [0.25, 0.3) is 0 Å². The van der Waals surface area contributed by atoms with Crippen LogP contribution in [-0.4, -0.2) is 28.3 Å². The third kappa shape index (κ3) is 3.94. The molecule has 0 aliphatic heterocycles. The van der Waals surface area contributed by atoms with Crippen molar-refractivity contribution in [2.24, 2.45) is 34.5 Å². The first-order valence-electron chi connectivity index (χ1n) is 13.0. The molecule has 0 bridgehead atoms. The van der Waals surface area contributed by atoms with Crippen LogP contribution in [0.1, 0.15) is 78.6 Å². The van der Waals surface area contributed by atoms with E-state index in [4.69, 9.17) is 8.85 Å². The highest BCUT2D eigenvalue weighted by Gasteiger charge is 2.64. The van der Waals surface area contributed by atoms with Gasteiger partial charge in [0.1, 0.15) is 0 Å². The van der Waals surface area contributed by atoms with Crippen LogP contribution in [0.4, 0.5) is 0 Å². The summed E-state index contributed by atoms with van der Waals surface area (Å²) < 4.78 is 13.6. The fourth-order valence-corrected chi connectivity index (χ4v) is 11.8. The Bertz CT molecular complexity index is 652. The number of hydrogen-bond donors (Lipinski definition) is 0. The summed E-state index contributed by atoms with van der Waals surface area (Å²) in [7, 11) is -2.98. The van der Waals surface area contributed by atoms with Crippen molar-refractivity contribution in [1.82, 2.24) is 0 Å². The minimum Gasteiger partial charge on any atom is -0.415 e. The van der Waals surface area contributed by atoms with E-state index in [1.165, 1.54) is 57.8 Å². The van der Waals surface area contributed by atoms with Crippen molar-refractivity contribution >= 4 is 16.6 Å². The van der Waals surface area contributed by atoms with Gasteiger partial charge >= 0.3 is 0 Å². The number of fused-ring (bicyclic) bond motifs is 5. The van der Waals surface area contributed by atoms with Crippen molar-refractivity contribution in [3.8, 4) is 0 Å². The van der Waals surface area contributed by atoms with Crippen molar-refractivity contribution in [2.45, 2.75) is 130 Å². The monoisotopic (exact) mass is 450 g/mol. The predicted molar refractivity (Wildman–Crippen MR) is 133 cm³/mol. The third-order valence-corrected chi connectivity index (χ3v) is 12.3. The lowest BCUT2D eigenvalue weighted by atomic mass is 9.44. The zero-order chi connectivity index (χ0) is 22.2. The molecule has 4 aliphatic carbocycles. The van der Waals surface area contributed by atoms with Gasteiger partial charge in [-0.05, 0) is 138 Å². The van der Waals surface area contributed by atoms with Crippen LogP contribution in [0.25, 0.3) is 0 Å². The Hall–Kier alpha value is 0.354. The summed E-state index contributed by atoms with van der Waals surface area (Å²) in [5.74, 6) is 3.65. The summed E-state index contributed by atoms with van der Waals surface area (Å²) >= 11 is 0. The zero-order valence-corrected chi connectivity index (χ0v) is 23.6. The van der Waals surface area contributed by atoms with Gasteiger partial charge in [0.15, 0.2) is 16.6 Å². The summed E-state index contributed by atoms with van der Waals surface area (Å²) in [6.45, 7) is 22.0. The van der Waals surface area contributed by atoms with Gasteiger partial charge in [-0.1, -0.05) is 13.8 Å². The Kier molecular flexibility index (Phi) is 5.82. The molecule has 2 nitrogen and oxygen atoms in total. The quantitative estimate of drug-likeness (QED) is 0.406. The molecule has 4 fully saturated rings. The van der Waals surface area contributed by atoms with Gasteiger partial charge in [-0.2, -0.15) is 0 Å². The Labute approximate surface area is 189 Å². The molecule has 0 aromatic rings. The zero-order valence-electron chi connectivity index (χ0n) is 21.6. The second-order valence-corrected chi connectivity index (χ2v) is 23.1. The van der Waals surface area contributed by atoms with E-state index in [9.17, 15) is 0 Å². The van der Waals surface area contributed by atoms with Gasteiger partial charge in [-0.15, -0.1) is 0 Å². The lowest BCUT2D eigenvalue weighted by molar-refractivity contribution is -0.148. The standard InChI is InChI=1S/C26H50O2Si2/c1-24-15-12-20(27-29(4,5)6)18-19(24)10-11-21-22(24)13-16-25(2)23(21)14-17-26(25,3)28-30(7,8)9/h19-23H,10-18H2,1-9H3. The van der Waals surface area contributed by atoms with E-state index in [0.29, 0.717) is 16.9 Å². The highest BCUT2D eigenvalue weighted by atomic mass is 28.4. The molecule has 174 valence electrons. The van der Waals surface area contributed by atoms with Crippen LogP contribution in [0.15, 0.2) is 0 Å². The average Bonchev–Trinajstić information content (AvgIpc) is 2.83. The molecule has 4 saturated carbocycles. The van der Waals surface area contributed by atoms with Crippen LogP contribution in [0.2, 0.25) is 39.3 Å². The van der Waals surface area contributed by atoms with Gasteiger partial charge in [0.05, 0.1) is 5.60 Å². The van der Waals surface area contributed by atoms with Crippen LogP contribution in [0, 0.1) is 34.5 Å². The van der Waals surface area contributed by atoms with Crippen LogP contribution in [-0.2, 0) is 8.85 Å². The summed E-state index contributed by atoms with van der Waals surface area (Å²) in [4.78, 5) is 0. The van der Waals surface area contributed by atoms with Crippen LogP contribution >= 0.6 is 0 Å². The molecule has 4 rings (SSSR count). The maximum Gasteiger partial charge on any atom is 0.184 e. The fourth-order valence-electron chi connectivity index (χ4n) is 8.89. The molecule has 30 heavy (non-hydrogen) atoms. The lowest BCUT2D eigenvalue weighted by Crippen LogP contribution is -2.58. The molecule has 0 radical (unpaired) electrons. The topological polar surface area (TPSA) is 18.5 Å². The highest BCUT2D eigenvalue weighted by molar-refractivity contribution is 6.70. The summed E-state index contributed by atoms with van der Waals surface area (Å²) in [5.41, 5.74) is 1.05. The fraction of sp³-hybridized carbons (Fsp3) is 1.00. The Morgan fingerprint density at radius 3 is 2.00 bits per heavy atom. The summed E-state index contributed by atoms with van der Waals surface area (Å²) in [6, 6.07) is 0. The highest BCUT2D eigenvalue weighted by Crippen LogP contribution is 2.69. The average molecular weight is 451 g/mol. The molecule has 8 unspecified atom stereocenters. The lowest BCUT2D eigenvalue weighted by Gasteiger charge is -2.62. The third-order valence-electron chi connectivity index (χ3n) is 10.2.